The molecule has 0 N–H and O–H groups in total. The number of thioether (sulfide) groups is 1. The Morgan fingerprint density at radius 1 is 1.08 bits per heavy atom. The van der Waals surface area contributed by atoms with Gasteiger partial charge in [-0.2, -0.15) is 0 Å². The quantitative estimate of drug-likeness (QED) is 0.670. The van der Waals surface area contributed by atoms with E-state index in [4.69, 9.17) is 9.47 Å². The van der Waals surface area contributed by atoms with Crippen molar-refractivity contribution in [2.75, 3.05) is 32.8 Å². The molecule has 2 aliphatic heterocycles. The Labute approximate surface area is 152 Å². The van der Waals surface area contributed by atoms with Gasteiger partial charge in [0.25, 0.3) is 0 Å². The highest BCUT2D eigenvalue weighted by Gasteiger charge is 2.46. The fraction of sp³-hybridized carbons (Fsp3) is 0.588. The first kappa shape index (κ1) is 19.4. The highest BCUT2D eigenvalue weighted by atomic mass is 32.2. The zero-order valence-corrected chi connectivity index (χ0v) is 15.2. The lowest BCUT2D eigenvalue weighted by molar-refractivity contribution is -0.109. The van der Waals surface area contributed by atoms with Crippen LogP contribution in [0.1, 0.15) is 13.3 Å². The third-order valence-corrected chi connectivity index (χ3v) is 5.24. The van der Waals surface area contributed by atoms with Gasteiger partial charge in [-0.05, 0) is 6.42 Å². The number of carbonyl (C=O) groups is 3. The molecule has 25 heavy (non-hydrogen) atoms. The lowest BCUT2D eigenvalue weighted by Gasteiger charge is -2.43. The Morgan fingerprint density at radius 2 is 1.68 bits per heavy atom. The van der Waals surface area contributed by atoms with Crippen molar-refractivity contribution in [2.24, 2.45) is 5.92 Å². The molecule has 0 aromatic rings. The van der Waals surface area contributed by atoms with E-state index in [1.54, 1.807) is 9.80 Å². The highest BCUT2D eigenvalue weighted by Crippen LogP contribution is 2.36. The molecule has 138 valence electrons. The zero-order valence-electron chi connectivity index (χ0n) is 14.4. The molecule has 2 heterocycles. The lowest BCUT2D eigenvalue weighted by atomic mass is 9.90. The molecule has 2 atom stereocenters. The second kappa shape index (κ2) is 8.94. The summed E-state index contributed by atoms with van der Waals surface area (Å²) >= 11 is 1.26. The van der Waals surface area contributed by atoms with Gasteiger partial charge in [0.05, 0.1) is 0 Å². The lowest BCUT2D eigenvalue weighted by Crippen LogP contribution is -2.57. The Kier molecular flexibility index (Phi) is 6.92. The summed E-state index contributed by atoms with van der Waals surface area (Å²) in [6, 6.07) is -0.0439. The van der Waals surface area contributed by atoms with Crippen molar-refractivity contribution < 1.29 is 23.9 Å². The predicted octanol–water partition coefficient (Wildman–Crippen LogP) is 2.29. The van der Waals surface area contributed by atoms with Gasteiger partial charge in [-0.3, -0.25) is 4.79 Å². The molecule has 0 spiro atoms. The number of rotatable bonds is 6. The summed E-state index contributed by atoms with van der Waals surface area (Å²) in [5.74, 6) is 0.158. The van der Waals surface area contributed by atoms with Crippen LogP contribution in [0.25, 0.3) is 0 Å². The molecular weight excluding hydrogens is 344 g/mol. The second-order valence-electron chi connectivity index (χ2n) is 6.08. The number of likely N-dealkylation sites (tertiary alicyclic amines) is 2. The number of nitrogens with zero attached hydrogens (tertiary/aromatic N) is 2. The van der Waals surface area contributed by atoms with E-state index in [0.717, 1.165) is 0 Å². The Morgan fingerprint density at radius 3 is 2.24 bits per heavy atom. The highest BCUT2D eigenvalue weighted by molar-refractivity contribution is 8.14. The summed E-state index contributed by atoms with van der Waals surface area (Å²) in [6.07, 6.45) is 2.99. The average molecular weight is 368 g/mol. The van der Waals surface area contributed by atoms with Gasteiger partial charge in [-0.1, -0.05) is 37.1 Å². The Hall–Kier alpha value is -1.96. The first-order valence-electron chi connectivity index (χ1n) is 8.20. The molecule has 2 amide bonds. The SMILES string of the molecule is C=CCOC(=O)N1CC([C@@H]2C[C@H](SC(C)=O)CN2C(=O)OCC=C)C1. The molecular formula is C17H24N2O5S. The van der Waals surface area contributed by atoms with E-state index in [9.17, 15) is 14.4 Å². The van der Waals surface area contributed by atoms with Gasteiger partial charge in [-0.15, -0.1) is 0 Å². The third-order valence-electron chi connectivity index (χ3n) is 4.23. The number of carbonyl (C=O) groups excluding carboxylic acids is 3. The molecule has 2 rings (SSSR count). The molecule has 8 heteroatoms. The van der Waals surface area contributed by atoms with Gasteiger partial charge >= 0.3 is 12.2 Å². The molecule has 0 radical (unpaired) electrons. The van der Waals surface area contributed by atoms with Crippen molar-refractivity contribution in [1.82, 2.24) is 9.80 Å². The minimum Gasteiger partial charge on any atom is -0.445 e. The average Bonchev–Trinajstić information content (AvgIpc) is 2.91. The van der Waals surface area contributed by atoms with E-state index in [0.29, 0.717) is 26.1 Å². The van der Waals surface area contributed by atoms with Crippen molar-refractivity contribution in [2.45, 2.75) is 24.6 Å². The van der Waals surface area contributed by atoms with Gasteiger partial charge in [0.1, 0.15) is 13.2 Å². The molecule has 0 aromatic heterocycles. The summed E-state index contributed by atoms with van der Waals surface area (Å²) in [5.41, 5.74) is 0. The molecule has 0 saturated carbocycles. The molecule has 0 bridgehead atoms. The minimum atomic E-state index is -0.399. The third kappa shape index (κ3) is 5.01. The predicted molar refractivity (Wildman–Crippen MR) is 95.3 cm³/mol. The smallest absolute Gasteiger partial charge is 0.410 e. The Bertz CT molecular complexity index is 547. The zero-order chi connectivity index (χ0) is 18.4. The normalized spacial score (nSPS) is 22.9. The molecule has 2 saturated heterocycles. The van der Waals surface area contributed by atoms with E-state index in [1.165, 1.54) is 30.8 Å². The van der Waals surface area contributed by atoms with Crippen molar-refractivity contribution in [3.63, 3.8) is 0 Å². The van der Waals surface area contributed by atoms with E-state index in [-0.39, 0.29) is 41.6 Å². The van der Waals surface area contributed by atoms with Gasteiger partial charge in [0, 0.05) is 43.8 Å². The van der Waals surface area contributed by atoms with Crippen molar-refractivity contribution in [1.29, 1.82) is 0 Å². The number of ether oxygens (including phenoxy) is 2. The van der Waals surface area contributed by atoms with E-state index >= 15 is 0 Å². The van der Waals surface area contributed by atoms with Crippen molar-refractivity contribution in [3.8, 4) is 0 Å². The van der Waals surface area contributed by atoms with Crippen LogP contribution in [-0.4, -0.2) is 71.2 Å². The fourth-order valence-corrected chi connectivity index (χ4v) is 4.14. The maximum absolute atomic E-state index is 12.3. The summed E-state index contributed by atoms with van der Waals surface area (Å²) < 4.78 is 10.2. The molecule has 0 unspecified atom stereocenters. The number of amides is 2. The summed E-state index contributed by atoms with van der Waals surface area (Å²) in [6.45, 7) is 10.4. The first-order chi connectivity index (χ1) is 12.0. The van der Waals surface area contributed by atoms with Gasteiger partial charge in [-0.25, -0.2) is 9.59 Å². The number of hydrogen-bond donors (Lipinski definition) is 0. The minimum absolute atomic E-state index is 0.0355. The Balaban J connectivity index is 1.94. The number of hydrogen-bond acceptors (Lipinski definition) is 6. The van der Waals surface area contributed by atoms with Crippen LogP contribution in [0.5, 0.6) is 0 Å². The van der Waals surface area contributed by atoms with E-state index in [2.05, 4.69) is 13.2 Å². The van der Waals surface area contributed by atoms with E-state index in [1.807, 2.05) is 0 Å². The van der Waals surface area contributed by atoms with Crippen LogP contribution in [0, 0.1) is 5.92 Å². The van der Waals surface area contributed by atoms with Gasteiger partial charge in [0.15, 0.2) is 5.12 Å². The topological polar surface area (TPSA) is 76.2 Å². The van der Waals surface area contributed by atoms with Crippen LogP contribution >= 0.6 is 11.8 Å². The van der Waals surface area contributed by atoms with Crippen LogP contribution < -0.4 is 0 Å². The maximum Gasteiger partial charge on any atom is 0.410 e. The van der Waals surface area contributed by atoms with Crippen LogP contribution in [0.3, 0.4) is 0 Å². The van der Waals surface area contributed by atoms with Crippen LogP contribution in [-0.2, 0) is 14.3 Å². The van der Waals surface area contributed by atoms with Crippen molar-refractivity contribution >= 4 is 29.1 Å². The van der Waals surface area contributed by atoms with Gasteiger partial charge in [0.2, 0.25) is 0 Å². The summed E-state index contributed by atoms with van der Waals surface area (Å²) in [5, 5.41) is 0.0915. The molecule has 0 aromatic carbocycles. The first-order valence-corrected chi connectivity index (χ1v) is 9.08. The van der Waals surface area contributed by atoms with Crippen molar-refractivity contribution in [3.05, 3.63) is 25.3 Å². The van der Waals surface area contributed by atoms with Crippen LogP contribution in [0.4, 0.5) is 9.59 Å². The van der Waals surface area contributed by atoms with E-state index < -0.39 is 6.09 Å². The monoisotopic (exact) mass is 368 g/mol. The molecule has 2 fully saturated rings. The van der Waals surface area contributed by atoms with Crippen LogP contribution in [0.2, 0.25) is 0 Å². The second-order valence-corrected chi connectivity index (χ2v) is 7.56. The molecule has 0 aliphatic carbocycles. The summed E-state index contributed by atoms with van der Waals surface area (Å²) in [7, 11) is 0. The summed E-state index contributed by atoms with van der Waals surface area (Å²) in [4.78, 5) is 38.8. The van der Waals surface area contributed by atoms with Gasteiger partial charge < -0.3 is 19.3 Å². The molecule has 2 aliphatic rings. The largest absolute Gasteiger partial charge is 0.445 e. The maximum atomic E-state index is 12.3. The van der Waals surface area contributed by atoms with Crippen LogP contribution in [0.15, 0.2) is 25.3 Å². The molecule has 7 nitrogen and oxygen atoms in total. The standard InChI is InChI=1S/C17H24N2O5S/c1-4-6-23-16(21)18-9-13(10-18)15-8-14(25-12(3)20)11-19(15)17(22)24-7-5-2/h4-5,13-15H,1-2,6-11H2,3H3/t14-,15-/m0/s1. The fourth-order valence-electron chi connectivity index (χ4n) is 3.14.